The number of halogens is 1. The van der Waals surface area contributed by atoms with Gasteiger partial charge in [0.15, 0.2) is 5.69 Å². The van der Waals surface area contributed by atoms with Crippen LogP contribution in [0.15, 0.2) is 41.4 Å². The van der Waals surface area contributed by atoms with Crippen LogP contribution in [0.2, 0.25) is 5.02 Å². The Bertz CT molecular complexity index is 882. The number of rotatable bonds is 3. The van der Waals surface area contributed by atoms with Gasteiger partial charge in [-0.2, -0.15) is 10.5 Å². The standard InChI is InChI=1S/C13H7ClN4O2S/c14-10-4-3-9(7-15)11(6-10)18-21(19,20)13-2-1-5-17-12(13)8-16/h1-6,18H. The van der Waals surface area contributed by atoms with Crippen molar-refractivity contribution in [2.24, 2.45) is 0 Å². The average Bonchev–Trinajstić information content (AvgIpc) is 2.47. The molecule has 0 radical (unpaired) electrons. The highest BCUT2D eigenvalue weighted by atomic mass is 35.5. The van der Waals surface area contributed by atoms with Crippen LogP contribution in [0.25, 0.3) is 0 Å². The summed E-state index contributed by atoms with van der Waals surface area (Å²) in [6.07, 6.45) is 1.32. The lowest BCUT2D eigenvalue weighted by atomic mass is 10.2. The molecule has 0 spiro atoms. The number of hydrogen-bond donors (Lipinski definition) is 1. The molecule has 0 aliphatic carbocycles. The summed E-state index contributed by atoms with van der Waals surface area (Å²) in [5.41, 5.74) is -0.0753. The van der Waals surface area contributed by atoms with Crippen molar-refractivity contribution in [2.75, 3.05) is 4.72 Å². The lowest BCUT2D eigenvalue weighted by Crippen LogP contribution is -2.15. The number of aromatic nitrogens is 1. The second-order valence-electron chi connectivity index (χ2n) is 3.87. The van der Waals surface area contributed by atoms with E-state index in [1.165, 1.54) is 36.5 Å². The molecule has 6 nitrogen and oxygen atoms in total. The molecule has 1 N–H and O–H groups in total. The molecule has 21 heavy (non-hydrogen) atoms. The number of sulfonamides is 1. The summed E-state index contributed by atoms with van der Waals surface area (Å²) in [7, 11) is -4.05. The Morgan fingerprint density at radius 3 is 2.62 bits per heavy atom. The fourth-order valence-corrected chi connectivity index (χ4v) is 2.94. The first kappa shape index (κ1) is 14.8. The van der Waals surface area contributed by atoms with Crippen molar-refractivity contribution in [2.45, 2.75) is 4.90 Å². The molecule has 0 saturated carbocycles. The van der Waals surface area contributed by atoms with E-state index in [1.54, 1.807) is 6.07 Å². The Hall–Kier alpha value is -2.61. The molecule has 0 aliphatic rings. The topological polar surface area (TPSA) is 107 Å². The van der Waals surface area contributed by atoms with Crippen molar-refractivity contribution < 1.29 is 8.42 Å². The molecule has 8 heteroatoms. The fourth-order valence-electron chi connectivity index (χ4n) is 1.59. The molecule has 2 aromatic rings. The minimum absolute atomic E-state index is 0.0396. The van der Waals surface area contributed by atoms with Crippen molar-refractivity contribution in [1.82, 2.24) is 4.98 Å². The highest BCUT2D eigenvalue weighted by molar-refractivity contribution is 7.92. The molecule has 0 fully saturated rings. The molecule has 1 heterocycles. The zero-order chi connectivity index (χ0) is 15.5. The van der Waals surface area contributed by atoms with Crippen LogP contribution in [0, 0.1) is 22.7 Å². The number of nitriles is 2. The van der Waals surface area contributed by atoms with Crippen LogP contribution in [0.1, 0.15) is 11.3 Å². The van der Waals surface area contributed by atoms with Crippen LogP contribution < -0.4 is 4.72 Å². The molecule has 0 saturated heterocycles. The van der Waals surface area contributed by atoms with Crippen LogP contribution in [0.4, 0.5) is 5.69 Å². The Morgan fingerprint density at radius 1 is 1.19 bits per heavy atom. The molecule has 104 valence electrons. The predicted molar refractivity (Wildman–Crippen MR) is 75.9 cm³/mol. The van der Waals surface area contributed by atoms with E-state index in [1.807, 2.05) is 6.07 Å². The van der Waals surface area contributed by atoms with Crippen LogP contribution in [-0.4, -0.2) is 13.4 Å². The van der Waals surface area contributed by atoms with E-state index in [0.29, 0.717) is 0 Å². The molecule has 1 aromatic heterocycles. The molecule has 0 amide bonds. The molecule has 0 bridgehead atoms. The minimum atomic E-state index is -4.05. The summed E-state index contributed by atoms with van der Waals surface area (Å²) >= 11 is 5.80. The lowest BCUT2D eigenvalue weighted by molar-refractivity contribution is 0.600. The quantitative estimate of drug-likeness (QED) is 0.934. The molecular weight excluding hydrogens is 312 g/mol. The zero-order valence-corrected chi connectivity index (χ0v) is 12.0. The second kappa shape index (κ2) is 5.80. The number of nitrogens with zero attached hydrogens (tertiary/aromatic N) is 3. The summed E-state index contributed by atoms with van der Waals surface area (Å²) in [6, 6.07) is 10.4. The lowest BCUT2D eigenvalue weighted by Gasteiger charge is -2.10. The van der Waals surface area contributed by atoms with Crippen molar-refractivity contribution in [1.29, 1.82) is 10.5 Å². The first-order valence-corrected chi connectivity index (χ1v) is 7.41. The molecule has 0 aliphatic heterocycles. The van der Waals surface area contributed by atoms with E-state index in [0.717, 1.165) is 0 Å². The van der Waals surface area contributed by atoms with Gasteiger partial charge in [-0.05, 0) is 30.3 Å². The van der Waals surface area contributed by atoms with Gasteiger partial charge in [0.1, 0.15) is 17.0 Å². The highest BCUT2D eigenvalue weighted by Gasteiger charge is 2.20. The van der Waals surface area contributed by atoms with E-state index in [-0.39, 0.29) is 26.9 Å². The third kappa shape index (κ3) is 3.11. The Labute approximate surface area is 126 Å². The van der Waals surface area contributed by atoms with Gasteiger partial charge in [0, 0.05) is 11.2 Å². The third-order valence-electron chi connectivity index (χ3n) is 2.51. The first-order valence-electron chi connectivity index (χ1n) is 5.55. The molecule has 0 atom stereocenters. The van der Waals surface area contributed by atoms with Crippen molar-refractivity contribution >= 4 is 27.3 Å². The van der Waals surface area contributed by atoms with Crippen LogP contribution in [0.5, 0.6) is 0 Å². The number of nitrogens with one attached hydrogen (secondary N) is 1. The van der Waals surface area contributed by atoms with Gasteiger partial charge in [-0.3, -0.25) is 4.72 Å². The highest BCUT2D eigenvalue weighted by Crippen LogP contribution is 2.24. The maximum atomic E-state index is 12.3. The van der Waals surface area contributed by atoms with Gasteiger partial charge < -0.3 is 0 Å². The molecule has 1 aromatic carbocycles. The molecule has 0 unspecified atom stereocenters. The van der Waals surface area contributed by atoms with Crippen LogP contribution in [-0.2, 0) is 10.0 Å². The van der Waals surface area contributed by atoms with E-state index in [9.17, 15) is 8.42 Å². The minimum Gasteiger partial charge on any atom is -0.278 e. The summed E-state index contributed by atoms with van der Waals surface area (Å²) in [4.78, 5) is 3.43. The summed E-state index contributed by atoms with van der Waals surface area (Å²) in [5.74, 6) is 0. The maximum Gasteiger partial charge on any atom is 0.264 e. The summed E-state index contributed by atoms with van der Waals surface area (Å²) in [5, 5.41) is 18.2. The Morgan fingerprint density at radius 2 is 1.95 bits per heavy atom. The third-order valence-corrected chi connectivity index (χ3v) is 4.14. The fraction of sp³-hybridized carbons (Fsp3) is 0. The van der Waals surface area contributed by atoms with Gasteiger partial charge >= 0.3 is 0 Å². The first-order chi connectivity index (χ1) is 9.97. The Balaban J connectivity index is 2.51. The van der Waals surface area contributed by atoms with E-state index in [4.69, 9.17) is 22.1 Å². The number of hydrogen-bond acceptors (Lipinski definition) is 5. The van der Waals surface area contributed by atoms with Gasteiger partial charge in [-0.1, -0.05) is 11.6 Å². The Kier molecular flexibility index (Phi) is 4.08. The van der Waals surface area contributed by atoms with Crippen molar-refractivity contribution in [3.8, 4) is 12.1 Å². The maximum absolute atomic E-state index is 12.3. The van der Waals surface area contributed by atoms with E-state index < -0.39 is 10.0 Å². The molecular formula is C13H7ClN4O2S. The average molecular weight is 319 g/mol. The van der Waals surface area contributed by atoms with Gasteiger partial charge in [-0.15, -0.1) is 0 Å². The number of pyridine rings is 1. The van der Waals surface area contributed by atoms with E-state index >= 15 is 0 Å². The number of anilines is 1. The number of benzene rings is 1. The van der Waals surface area contributed by atoms with Crippen molar-refractivity contribution in [3.05, 3.63) is 52.8 Å². The summed E-state index contributed by atoms with van der Waals surface area (Å²) in [6.45, 7) is 0. The SMILES string of the molecule is N#Cc1ccc(Cl)cc1NS(=O)(=O)c1cccnc1C#N. The van der Waals surface area contributed by atoms with Gasteiger partial charge in [-0.25, -0.2) is 13.4 Å². The van der Waals surface area contributed by atoms with Gasteiger partial charge in [0.25, 0.3) is 10.0 Å². The zero-order valence-electron chi connectivity index (χ0n) is 10.4. The second-order valence-corrected chi connectivity index (χ2v) is 5.96. The smallest absolute Gasteiger partial charge is 0.264 e. The predicted octanol–water partition coefficient (Wildman–Crippen LogP) is 2.28. The normalized spacial score (nSPS) is 10.4. The summed E-state index contributed by atoms with van der Waals surface area (Å²) < 4.78 is 26.9. The molecule has 2 rings (SSSR count). The van der Waals surface area contributed by atoms with Gasteiger partial charge in [0.05, 0.1) is 11.3 Å². The van der Waals surface area contributed by atoms with Gasteiger partial charge in [0.2, 0.25) is 0 Å². The van der Waals surface area contributed by atoms with Crippen LogP contribution >= 0.6 is 11.6 Å². The van der Waals surface area contributed by atoms with E-state index in [2.05, 4.69) is 9.71 Å². The van der Waals surface area contributed by atoms with Crippen LogP contribution in [0.3, 0.4) is 0 Å². The monoisotopic (exact) mass is 318 g/mol. The van der Waals surface area contributed by atoms with Crippen molar-refractivity contribution in [3.63, 3.8) is 0 Å². The largest absolute Gasteiger partial charge is 0.278 e.